The number of rotatable bonds is 8. The van der Waals surface area contributed by atoms with Crippen molar-refractivity contribution in [1.29, 1.82) is 0 Å². The quantitative estimate of drug-likeness (QED) is 0.512. The minimum Gasteiger partial charge on any atom is -0.508 e. The molecule has 0 bridgehead atoms. The number of fused-ring (bicyclic) bond motifs is 1. The normalized spacial score (nSPS) is 24.1. The Bertz CT molecular complexity index is 1100. The number of nitrogens with one attached hydrogen (secondary N) is 2. The zero-order valence-electron chi connectivity index (χ0n) is 21.9. The third kappa shape index (κ3) is 6.33. The molecular weight excluding hydrogens is 464 g/mol. The summed E-state index contributed by atoms with van der Waals surface area (Å²) in [5, 5.41) is 16.0. The Morgan fingerprint density at radius 2 is 1.73 bits per heavy atom. The number of carbonyl (C=O) groups excluding carboxylic acids is 2. The van der Waals surface area contributed by atoms with Gasteiger partial charge in [-0.3, -0.25) is 19.4 Å². The van der Waals surface area contributed by atoms with Gasteiger partial charge in [0.05, 0.1) is 11.8 Å². The molecule has 3 N–H and O–H groups in total. The highest BCUT2D eigenvalue weighted by Gasteiger charge is 2.36. The van der Waals surface area contributed by atoms with Crippen LogP contribution in [0.3, 0.4) is 0 Å². The van der Waals surface area contributed by atoms with Gasteiger partial charge in [-0.25, -0.2) is 0 Å². The molecule has 0 aromatic heterocycles. The lowest BCUT2D eigenvalue weighted by molar-refractivity contribution is -0.130. The van der Waals surface area contributed by atoms with Crippen LogP contribution in [0.5, 0.6) is 5.75 Å². The average molecular weight is 505 g/mol. The van der Waals surface area contributed by atoms with E-state index in [0.29, 0.717) is 38.6 Å². The molecule has 2 amide bonds. The molecule has 37 heavy (non-hydrogen) atoms. The standard InChI is InChI=1S/C30H40N4O3/c1-2-34-14-4-7-27(34)17-31-29(36)24-15-25(20-33(19-24)18-21-8-12-28(35)13-9-21)30(37)32-26-11-10-22-5-3-6-23(22)16-26/h8-13,16,24-25,27,35H,2-7,14-15,17-20H2,1H3,(H,31,36)(H,32,37)/t24-,25+,27+/m0/s1. The van der Waals surface area contributed by atoms with Crippen LogP contribution in [-0.2, 0) is 29.0 Å². The Morgan fingerprint density at radius 3 is 2.51 bits per heavy atom. The first-order valence-electron chi connectivity index (χ1n) is 13.9. The number of likely N-dealkylation sites (tertiary alicyclic amines) is 2. The molecule has 0 saturated carbocycles. The second-order valence-corrected chi connectivity index (χ2v) is 11.0. The van der Waals surface area contributed by atoms with E-state index in [2.05, 4.69) is 39.5 Å². The molecule has 5 rings (SSSR count). The first-order chi connectivity index (χ1) is 18.0. The van der Waals surface area contributed by atoms with Crippen molar-refractivity contribution in [3.8, 4) is 5.75 Å². The Hall–Kier alpha value is -2.90. The summed E-state index contributed by atoms with van der Waals surface area (Å²) in [6, 6.07) is 13.8. The van der Waals surface area contributed by atoms with Gasteiger partial charge in [-0.15, -0.1) is 0 Å². The molecule has 7 heteroatoms. The molecule has 2 aliphatic heterocycles. The highest BCUT2D eigenvalue weighted by Crippen LogP contribution is 2.28. The molecule has 3 aliphatic rings. The fourth-order valence-electron chi connectivity index (χ4n) is 6.36. The summed E-state index contributed by atoms with van der Waals surface area (Å²) in [4.78, 5) is 31.4. The van der Waals surface area contributed by atoms with Crippen molar-refractivity contribution < 1.29 is 14.7 Å². The third-order valence-electron chi connectivity index (χ3n) is 8.39. The van der Waals surface area contributed by atoms with E-state index < -0.39 is 0 Å². The van der Waals surface area contributed by atoms with Gasteiger partial charge < -0.3 is 15.7 Å². The van der Waals surface area contributed by atoms with Crippen molar-refractivity contribution >= 4 is 17.5 Å². The molecule has 2 aromatic carbocycles. The predicted octanol–water partition coefficient (Wildman–Crippen LogP) is 3.56. The number of hydrogen-bond acceptors (Lipinski definition) is 5. The number of anilines is 1. The lowest BCUT2D eigenvalue weighted by Gasteiger charge is -2.37. The van der Waals surface area contributed by atoms with E-state index >= 15 is 0 Å². The van der Waals surface area contributed by atoms with Gasteiger partial charge in [0.2, 0.25) is 11.8 Å². The topological polar surface area (TPSA) is 84.9 Å². The van der Waals surface area contributed by atoms with Gasteiger partial charge >= 0.3 is 0 Å². The van der Waals surface area contributed by atoms with Crippen LogP contribution >= 0.6 is 0 Å². The van der Waals surface area contributed by atoms with Crippen LogP contribution < -0.4 is 10.6 Å². The van der Waals surface area contributed by atoms with Gasteiger partial charge in [0.15, 0.2) is 0 Å². The van der Waals surface area contributed by atoms with Gasteiger partial charge in [0.1, 0.15) is 5.75 Å². The van der Waals surface area contributed by atoms with E-state index in [1.54, 1.807) is 12.1 Å². The SMILES string of the molecule is CCN1CCC[C@@H]1CNC(=O)[C@H]1C[C@@H](C(=O)Nc2ccc3c(c2)CCC3)CN(Cc2ccc(O)cc2)C1. The van der Waals surface area contributed by atoms with Crippen LogP contribution in [0, 0.1) is 11.8 Å². The number of amides is 2. The van der Waals surface area contributed by atoms with E-state index in [4.69, 9.17) is 0 Å². The van der Waals surface area contributed by atoms with Gasteiger partial charge in [0.25, 0.3) is 0 Å². The van der Waals surface area contributed by atoms with Crippen LogP contribution in [0.15, 0.2) is 42.5 Å². The second-order valence-electron chi connectivity index (χ2n) is 11.0. The molecule has 7 nitrogen and oxygen atoms in total. The van der Waals surface area contributed by atoms with E-state index in [-0.39, 0.29) is 29.4 Å². The summed E-state index contributed by atoms with van der Waals surface area (Å²) in [6.45, 7) is 6.82. The number of benzene rings is 2. The number of likely N-dealkylation sites (N-methyl/N-ethyl adjacent to an activating group) is 1. The second kappa shape index (κ2) is 11.7. The number of nitrogens with zero attached hydrogens (tertiary/aromatic N) is 2. The van der Waals surface area contributed by atoms with Crippen molar-refractivity contribution in [2.45, 2.75) is 58.0 Å². The summed E-state index contributed by atoms with van der Waals surface area (Å²) in [5.41, 5.74) is 4.63. The Kier molecular flexibility index (Phi) is 8.11. The molecule has 2 heterocycles. The number of carbonyl (C=O) groups is 2. The Labute approximate surface area is 220 Å². The van der Waals surface area contributed by atoms with Crippen molar-refractivity contribution in [1.82, 2.24) is 15.1 Å². The largest absolute Gasteiger partial charge is 0.508 e. The number of aryl methyl sites for hydroxylation is 2. The lowest BCUT2D eigenvalue weighted by Crippen LogP contribution is -2.50. The van der Waals surface area contributed by atoms with Crippen LogP contribution in [0.4, 0.5) is 5.69 Å². The van der Waals surface area contributed by atoms with Gasteiger partial charge in [-0.05, 0) is 92.6 Å². The van der Waals surface area contributed by atoms with E-state index in [0.717, 1.165) is 43.6 Å². The summed E-state index contributed by atoms with van der Waals surface area (Å²) in [5.74, 6) is -0.237. The van der Waals surface area contributed by atoms with E-state index in [9.17, 15) is 14.7 Å². The maximum absolute atomic E-state index is 13.4. The van der Waals surface area contributed by atoms with Crippen molar-refractivity contribution in [3.63, 3.8) is 0 Å². The lowest BCUT2D eigenvalue weighted by atomic mass is 9.87. The molecule has 0 unspecified atom stereocenters. The number of hydrogen-bond donors (Lipinski definition) is 3. The zero-order chi connectivity index (χ0) is 25.8. The molecular formula is C30H40N4O3. The minimum absolute atomic E-state index is 0.0147. The summed E-state index contributed by atoms with van der Waals surface area (Å²) >= 11 is 0. The molecule has 0 spiro atoms. The van der Waals surface area contributed by atoms with Gasteiger partial charge in [-0.2, -0.15) is 0 Å². The fourth-order valence-corrected chi connectivity index (χ4v) is 6.36. The molecule has 2 aromatic rings. The van der Waals surface area contributed by atoms with Crippen molar-refractivity contribution in [2.24, 2.45) is 11.8 Å². The third-order valence-corrected chi connectivity index (χ3v) is 8.39. The molecule has 3 atom stereocenters. The summed E-state index contributed by atoms with van der Waals surface area (Å²) in [6.07, 6.45) is 6.22. The van der Waals surface area contributed by atoms with Crippen LogP contribution in [0.25, 0.3) is 0 Å². The minimum atomic E-state index is -0.270. The number of phenolic OH excluding ortho intramolecular Hbond substituents is 1. The van der Waals surface area contributed by atoms with Crippen LogP contribution in [0.1, 0.15) is 49.3 Å². The highest BCUT2D eigenvalue weighted by atomic mass is 16.3. The molecule has 1 aliphatic carbocycles. The van der Waals surface area contributed by atoms with Crippen molar-refractivity contribution in [3.05, 3.63) is 59.2 Å². The van der Waals surface area contributed by atoms with E-state index in [1.165, 1.54) is 24.0 Å². The van der Waals surface area contributed by atoms with Gasteiger partial charge in [-0.1, -0.05) is 25.1 Å². The molecule has 0 radical (unpaired) electrons. The summed E-state index contributed by atoms with van der Waals surface area (Å²) < 4.78 is 0. The maximum Gasteiger partial charge on any atom is 0.228 e. The Balaban J connectivity index is 1.26. The highest BCUT2D eigenvalue weighted by molar-refractivity contribution is 5.93. The number of phenols is 1. The number of aromatic hydroxyl groups is 1. The molecule has 198 valence electrons. The van der Waals surface area contributed by atoms with Gasteiger partial charge in [0, 0.05) is 37.9 Å². The van der Waals surface area contributed by atoms with E-state index in [1.807, 2.05) is 18.2 Å². The Morgan fingerprint density at radius 1 is 0.973 bits per heavy atom. The maximum atomic E-state index is 13.4. The monoisotopic (exact) mass is 504 g/mol. The number of piperidine rings is 1. The predicted molar refractivity (Wildman–Crippen MR) is 145 cm³/mol. The first-order valence-corrected chi connectivity index (χ1v) is 13.9. The van der Waals surface area contributed by atoms with Crippen LogP contribution in [0.2, 0.25) is 0 Å². The molecule has 2 saturated heterocycles. The average Bonchev–Trinajstić information content (AvgIpc) is 3.57. The first kappa shape index (κ1) is 25.7. The molecule has 2 fully saturated rings. The summed E-state index contributed by atoms with van der Waals surface area (Å²) in [7, 11) is 0. The van der Waals surface area contributed by atoms with Crippen molar-refractivity contribution in [2.75, 3.05) is 38.0 Å². The fraction of sp³-hybridized carbons (Fsp3) is 0.533. The zero-order valence-corrected chi connectivity index (χ0v) is 21.9. The smallest absolute Gasteiger partial charge is 0.228 e. The van der Waals surface area contributed by atoms with Crippen LogP contribution in [-0.4, -0.2) is 65.5 Å².